The van der Waals surface area contributed by atoms with Gasteiger partial charge in [-0.05, 0) is 54.3 Å². The molecule has 172 valence electrons. The lowest BCUT2D eigenvalue weighted by Gasteiger charge is -2.09. The standard InChI is InChI=1S/C24H24N2O6S/c1-30-20-5-2-4-18(14-20)26-23(28)16-31-19-9-7-17(8-10-19)24(29)32-15-22(27)25-12-11-21-6-3-13-33-21/h2-10,13-14H,11-12,15-16H2,1H3,(H,25,27)(H,26,28). The molecular weight excluding hydrogens is 444 g/mol. The molecule has 33 heavy (non-hydrogen) atoms. The number of nitrogens with one attached hydrogen (secondary N) is 2. The first-order valence-corrected chi connectivity index (χ1v) is 11.0. The summed E-state index contributed by atoms with van der Waals surface area (Å²) in [5, 5.41) is 7.40. The van der Waals surface area contributed by atoms with Gasteiger partial charge in [-0.2, -0.15) is 0 Å². The van der Waals surface area contributed by atoms with Crippen molar-refractivity contribution in [1.29, 1.82) is 0 Å². The van der Waals surface area contributed by atoms with E-state index >= 15 is 0 Å². The average Bonchev–Trinajstić information content (AvgIpc) is 3.35. The molecule has 0 aliphatic rings. The van der Waals surface area contributed by atoms with Gasteiger partial charge in [0, 0.05) is 23.2 Å². The van der Waals surface area contributed by atoms with Crippen molar-refractivity contribution in [3.63, 3.8) is 0 Å². The molecule has 0 radical (unpaired) electrons. The monoisotopic (exact) mass is 468 g/mol. The van der Waals surface area contributed by atoms with Gasteiger partial charge in [-0.1, -0.05) is 12.1 Å². The summed E-state index contributed by atoms with van der Waals surface area (Å²) in [7, 11) is 1.55. The lowest BCUT2D eigenvalue weighted by atomic mass is 10.2. The van der Waals surface area contributed by atoms with Crippen molar-refractivity contribution in [3.8, 4) is 11.5 Å². The normalized spacial score (nSPS) is 10.2. The van der Waals surface area contributed by atoms with E-state index in [2.05, 4.69) is 10.6 Å². The van der Waals surface area contributed by atoms with Crippen LogP contribution in [0, 0.1) is 0 Å². The van der Waals surface area contributed by atoms with Crippen molar-refractivity contribution < 1.29 is 28.6 Å². The molecule has 3 aromatic rings. The summed E-state index contributed by atoms with van der Waals surface area (Å²) >= 11 is 1.62. The van der Waals surface area contributed by atoms with Gasteiger partial charge < -0.3 is 24.8 Å². The molecule has 9 heteroatoms. The summed E-state index contributed by atoms with van der Waals surface area (Å²) in [6.07, 6.45) is 0.733. The topological polar surface area (TPSA) is 103 Å². The molecule has 8 nitrogen and oxygen atoms in total. The van der Waals surface area contributed by atoms with E-state index in [0.29, 0.717) is 23.7 Å². The second kappa shape index (κ2) is 12.3. The van der Waals surface area contributed by atoms with Crippen LogP contribution in [0.5, 0.6) is 11.5 Å². The molecule has 0 aliphatic carbocycles. The number of rotatable bonds is 11. The summed E-state index contributed by atoms with van der Waals surface area (Å²) in [5.41, 5.74) is 0.867. The minimum Gasteiger partial charge on any atom is -0.497 e. The Kier molecular flexibility index (Phi) is 8.84. The Bertz CT molecular complexity index is 1070. The number of esters is 1. The molecule has 0 saturated heterocycles. The van der Waals surface area contributed by atoms with Gasteiger partial charge in [0.25, 0.3) is 11.8 Å². The van der Waals surface area contributed by atoms with Crippen molar-refractivity contribution in [1.82, 2.24) is 5.32 Å². The van der Waals surface area contributed by atoms with E-state index in [1.165, 1.54) is 17.0 Å². The van der Waals surface area contributed by atoms with E-state index in [1.807, 2.05) is 17.5 Å². The average molecular weight is 469 g/mol. The van der Waals surface area contributed by atoms with Crippen LogP contribution in [0.3, 0.4) is 0 Å². The van der Waals surface area contributed by atoms with Gasteiger partial charge >= 0.3 is 5.97 Å². The number of carbonyl (C=O) groups is 3. The number of anilines is 1. The number of benzene rings is 2. The maximum absolute atomic E-state index is 12.1. The fourth-order valence-corrected chi connectivity index (χ4v) is 3.49. The Morgan fingerprint density at radius 2 is 1.73 bits per heavy atom. The smallest absolute Gasteiger partial charge is 0.338 e. The van der Waals surface area contributed by atoms with E-state index < -0.39 is 5.97 Å². The van der Waals surface area contributed by atoms with Crippen molar-refractivity contribution in [2.45, 2.75) is 6.42 Å². The first-order chi connectivity index (χ1) is 16.0. The second-order valence-corrected chi connectivity index (χ2v) is 7.88. The number of hydrogen-bond acceptors (Lipinski definition) is 7. The molecule has 0 fully saturated rings. The largest absolute Gasteiger partial charge is 0.497 e. The third-order valence-corrected chi connectivity index (χ3v) is 5.36. The predicted molar refractivity (Wildman–Crippen MR) is 125 cm³/mol. The Balaban J connectivity index is 1.37. The molecule has 1 aromatic heterocycles. The molecule has 0 unspecified atom stereocenters. The van der Waals surface area contributed by atoms with E-state index in [0.717, 1.165) is 6.42 Å². The second-order valence-electron chi connectivity index (χ2n) is 6.85. The highest BCUT2D eigenvalue weighted by atomic mass is 32.1. The molecule has 0 aliphatic heterocycles. The van der Waals surface area contributed by atoms with Gasteiger partial charge in [0.1, 0.15) is 11.5 Å². The van der Waals surface area contributed by atoms with Crippen LogP contribution in [0.4, 0.5) is 5.69 Å². The minimum atomic E-state index is -0.620. The van der Waals surface area contributed by atoms with Crippen LogP contribution < -0.4 is 20.1 Å². The van der Waals surface area contributed by atoms with Gasteiger partial charge in [-0.3, -0.25) is 9.59 Å². The molecule has 0 atom stereocenters. The molecule has 0 saturated carbocycles. The zero-order valence-electron chi connectivity index (χ0n) is 18.0. The fourth-order valence-electron chi connectivity index (χ4n) is 2.78. The quantitative estimate of drug-likeness (QED) is 0.419. The highest BCUT2D eigenvalue weighted by Gasteiger charge is 2.11. The van der Waals surface area contributed by atoms with Gasteiger partial charge in [-0.25, -0.2) is 4.79 Å². The maximum atomic E-state index is 12.1. The molecule has 2 N–H and O–H groups in total. The third kappa shape index (κ3) is 7.97. The van der Waals surface area contributed by atoms with Crippen LogP contribution in [0.2, 0.25) is 0 Å². The summed E-state index contributed by atoms with van der Waals surface area (Å²) < 4.78 is 15.6. The third-order valence-electron chi connectivity index (χ3n) is 4.42. The number of thiophene rings is 1. The van der Waals surface area contributed by atoms with E-state index in [-0.39, 0.29) is 30.6 Å². The van der Waals surface area contributed by atoms with Crippen LogP contribution in [-0.2, 0) is 20.7 Å². The molecular formula is C24H24N2O6S. The molecule has 2 amide bonds. The zero-order chi connectivity index (χ0) is 23.5. The van der Waals surface area contributed by atoms with Crippen molar-refractivity contribution in [2.24, 2.45) is 0 Å². The number of carbonyl (C=O) groups excluding carboxylic acids is 3. The number of methoxy groups -OCH3 is 1. The van der Waals surface area contributed by atoms with E-state index in [1.54, 1.807) is 54.8 Å². The molecule has 0 spiro atoms. The Morgan fingerprint density at radius 3 is 2.45 bits per heavy atom. The Morgan fingerprint density at radius 1 is 0.909 bits per heavy atom. The molecule has 2 aromatic carbocycles. The number of hydrogen-bond donors (Lipinski definition) is 2. The van der Waals surface area contributed by atoms with Gasteiger partial charge in [0.2, 0.25) is 0 Å². The van der Waals surface area contributed by atoms with Crippen LogP contribution in [0.15, 0.2) is 66.0 Å². The summed E-state index contributed by atoms with van der Waals surface area (Å²) in [6.45, 7) is -0.0764. The van der Waals surface area contributed by atoms with Crippen LogP contribution in [-0.4, -0.2) is 44.7 Å². The van der Waals surface area contributed by atoms with Crippen molar-refractivity contribution >= 4 is 34.8 Å². The molecule has 0 bridgehead atoms. The predicted octanol–water partition coefficient (Wildman–Crippen LogP) is 3.29. The van der Waals surface area contributed by atoms with Crippen LogP contribution in [0.1, 0.15) is 15.2 Å². The molecule has 1 heterocycles. The van der Waals surface area contributed by atoms with Gasteiger partial charge in [0.05, 0.1) is 12.7 Å². The van der Waals surface area contributed by atoms with E-state index in [9.17, 15) is 14.4 Å². The lowest BCUT2D eigenvalue weighted by molar-refractivity contribution is -0.124. The maximum Gasteiger partial charge on any atom is 0.338 e. The lowest BCUT2D eigenvalue weighted by Crippen LogP contribution is -2.30. The fraction of sp³-hybridized carbons (Fsp3) is 0.208. The van der Waals surface area contributed by atoms with Gasteiger partial charge in [0.15, 0.2) is 13.2 Å². The van der Waals surface area contributed by atoms with E-state index in [4.69, 9.17) is 14.2 Å². The first kappa shape index (κ1) is 23.8. The number of amides is 2. The SMILES string of the molecule is COc1cccc(NC(=O)COc2ccc(C(=O)OCC(=O)NCCc3cccs3)cc2)c1. The Hall–Kier alpha value is -3.85. The number of ether oxygens (including phenoxy) is 3. The Labute approximate surface area is 195 Å². The molecule has 3 rings (SSSR count). The van der Waals surface area contributed by atoms with Crippen molar-refractivity contribution in [3.05, 3.63) is 76.5 Å². The first-order valence-electron chi connectivity index (χ1n) is 10.2. The summed E-state index contributed by atoms with van der Waals surface area (Å²) in [6, 6.07) is 17.0. The zero-order valence-corrected chi connectivity index (χ0v) is 18.9. The van der Waals surface area contributed by atoms with Gasteiger partial charge in [-0.15, -0.1) is 11.3 Å². The van der Waals surface area contributed by atoms with Crippen molar-refractivity contribution in [2.75, 3.05) is 32.2 Å². The van der Waals surface area contributed by atoms with Crippen LogP contribution in [0.25, 0.3) is 0 Å². The highest BCUT2D eigenvalue weighted by Crippen LogP contribution is 2.17. The summed E-state index contributed by atoms with van der Waals surface area (Å²) in [4.78, 5) is 37.2. The summed E-state index contributed by atoms with van der Waals surface area (Å²) in [5.74, 6) is -0.268. The highest BCUT2D eigenvalue weighted by molar-refractivity contribution is 7.09. The van der Waals surface area contributed by atoms with Crippen LogP contribution >= 0.6 is 11.3 Å². The minimum absolute atomic E-state index is 0.202.